The number of nitrogens with zero attached hydrogens (tertiary/aromatic N) is 1. The van der Waals surface area contributed by atoms with Gasteiger partial charge in [-0.1, -0.05) is 6.07 Å². The highest BCUT2D eigenvalue weighted by molar-refractivity contribution is 6.61. The molecule has 21 heavy (non-hydrogen) atoms. The molecule has 0 unspecified atom stereocenters. The van der Waals surface area contributed by atoms with Crippen molar-refractivity contribution < 1.29 is 14.4 Å². The maximum Gasteiger partial charge on any atom is 0.491 e. The lowest BCUT2D eigenvalue weighted by atomic mass is 9.80. The minimum atomic E-state index is -0.858. The molecule has 0 saturated heterocycles. The summed E-state index contributed by atoms with van der Waals surface area (Å²) in [5.41, 5.74) is 8.68. The molecule has 3 rings (SSSR count). The summed E-state index contributed by atoms with van der Waals surface area (Å²) < 4.78 is 11.0. The molecule has 5 nitrogen and oxygen atoms in total. The highest BCUT2D eigenvalue weighted by Gasteiger charge is 2.27. The molecule has 0 saturated carbocycles. The summed E-state index contributed by atoms with van der Waals surface area (Å²) in [6, 6.07) is 12.6. The molecule has 6 heteroatoms. The summed E-state index contributed by atoms with van der Waals surface area (Å²) in [5.74, 6) is 1.27. The Morgan fingerprint density at radius 3 is 2.95 bits per heavy atom. The lowest BCUT2D eigenvalue weighted by Gasteiger charge is -2.11. The van der Waals surface area contributed by atoms with Crippen molar-refractivity contribution in [1.29, 1.82) is 5.26 Å². The van der Waals surface area contributed by atoms with Gasteiger partial charge in [-0.15, -0.1) is 0 Å². The Balaban J connectivity index is 1.89. The van der Waals surface area contributed by atoms with E-state index in [1.165, 1.54) is 0 Å². The van der Waals surface area contributed by atoms with Gasteiger partial charge in [-0.25, -0.2) is 0 Å². The van der Waals surface area contributed by atoms with Crippen LogP contribution in [0.25, 0.3) is 0 Å². The fraction of sp³-hybridized carbons (Fsp3) is 0.133. The van der Waals surface area contributed by atoms with Crippen molar-refractivity contribution in [3.05, 3.63) is 53.1 Å². The van der Waals surface area contributed by atoms with E-state index in [9.17, 15) is 5.02 Å². The van der Waals surface area contributed by atoms with Gasteiger partial charge in [-0.05, 0) is 41.4 Å². The molecule has 0 fully saturated rings. The molecule has 0 amide bonds. The number of nitriles is 1. The number of benzene rings is 2. The van der Waals surface area contributed by atoms with Crippen LogP contribution in [0.3, 0.4) is 0 Å². The van der Waals surface area contributed by atoms with E-state index in [1.807, 2.05) is 6.07 Å². The third-order valence-corrected chi connectivity index (χ3v) is 3.41. The zero-order valence-electron chi connectivity index (χ0n) is 11.2. The quantitative estimate of drug-likeness (QED) is 0.820. The topological polar surface area (TPSA) is 88.5 Å². The molecular formula is C15H13BN2O3. The normalized spacial score (nSPS) is 12.9. The molecule has 0 spiro atoms. The summed E-state index contributed by atoms with van der Waals surface area (Å²) in [5, 5.41) is 18.5. The molecular weight excluding hydrogens is 267 g/mol. The average molecular weight is 280 g/mol. The number of hydrogen-bond acceptors (Lipinski definition) is 5. The van der Waals surface area contributed by atoms with E-state index >= 15 is 0 Å². The monoisotopic (exact) mass is 280 g/mol. The lowest BCUT2D eigenvalue weighted by Crippen LogP contribution is -2.27. The van der Waals surface area contributed by atoms with Gasteiger partial charge in [0, 0.05) is 12.1 Å². The molecule has 2 aromatic carbocycles. The van der Waals surface area contributed by atoms with E-state index in [0.717, 1.165) is 16.6 Å². The van der Waals surface area contributed by atoms with Crippen molar-refractivity contribution in [2.24, 2.45) is 5.73 Å². The summed E-state index contributed by atoms with van der Waals surface area (Å²) in [7, 11) is -0.858. The Bertz CT molecular complexity index is 727. The van der Waals surface area contributed by atoms with Crippen LogP contribution in [0.5, 0.6) is 11.5 Å². The zero-order valence-corrected chi connectivity index (χ0v) is 11.2. The molecule has 1 aliphatic heterocycles. The van der Waals surface area contributed by atoms with Crippen molar-refractivity contribution in [2.75, 3.05) is 0 Å². The summed E-state index contributed by atoms with van der Waals surface area (Å²) in [6.45, 7) is 0.655. The maximum absolute atomic E-state index is 9.59. The van der Waals surface area contributed by atoms with Gasteiger partial charge in [0.05, 0.1) is 18.2 Å². The third-order valence-electron chi connectivity index (χ3n) is 3.41. The predicted octanol–water partition coefficient (Wildman–Crippen LogP) is 1.03. The van der Waals surface area contributed by atoms with Crippen LogP contribution >= 0.6 is 0 Å². The van der Waals surface area contributed by atoms with E-state index in [4.69, 9.17) is 20.4 Å². The first-order valence-corrected chi connectivity index (χ1v) is 6.54. The number of hydrogen-bond donors (Lipinski definition) is 2. The van der Waals surface area contributed by atoms with E-state index < -0.39 is 7.12 Å². The van der Waals surface area contributed by atoms with Gasteiger partial charge in [-0.3, -0.25) is 0 Å². The van der Waals surface area contributed by atoms with Crippen LogP contribution in [-0.2, 0) is 17.8 Å². The van der Waals surface area contributed by atoms with Crippen LogP contribution in [-0.4, -0.2) is 12.1 Å². The molecule has 0 radical (unpaired) electrons. The summed E-state index contributed by atoms with van der Waals surface area (Å²) in [6.07, 6.45) is 0. The zero-order chi connectivity index (χ0) is 14.8. The van der Waals surface area contributed by atoms with Crippen molar-refractivity contribution in [2.45, 2.75) is 13.2 Å². The highest BCUT2D eigenvalue weighted by atomic mass is 16.5. The number of fused-ring (bicyclic) bond motifs is 1. The number of nitrogens with two attached hydrogens (primary N) is 1. The molecule has 3 N–H and O–H groups in total. The van der Waals surface area contributed by atoms with E-state index in [-0.39, 0.29) is 6.54 Å². The van der Waals surface area contributed by atoms with Gasteiger partial charge in [0.25, 0.3) is 0 Å². The van der Waals surface area contributed by atoms with Crippen molar-refractivity contribution in [1.82, 2.24) is 0 Å². The first kappa shape index (κ1) is 13.6. The standard InChI is InChI=1S/C15H13BN2O3/c17-7-10-1-4-15(11(5-10)8-18)21-13-2-3-14-12(6-13)9-20-16(14)19/h1-6,19H,8-9,18H2. The van der Waals surface area contributed by atoms with Gasteiger partial charge >= 0.3 is 7.12 Å². The predicted molar refractivity (Wildman–Crippen MR) is 78.0 cm³/mol. The summed E-state index contributed by atoms with van der Waals surface area (Å²) in [4.78, 5) is 0. The SMILES string of the molecule is N#Cc1ccc(Oc2ccc3c(c2)COB3O)c(CN)c1. The van der Waals surface area contributed by atoms with Gasteiger partial charge < -0.3 is 20.1 Å². The first-order chi connectivity index (χ1) is 10.2. The van der Waals surface area contributed by atoms with Crippen LogP contribution in [0.15, 0.2) is 36.4 Å². The Labute approximate surface area is 122 Å². The molecule has 0 aromatic heterocycles. The number of ether oxygens (including phenoxy) is 1. The Morgan fingerprint density at radius 2 is 2.19 bits per heavy atom. The van der Waals surface area contributed by atoms with Gasteiger partial charge in [0.2, 0.25) is 0 Å². The molecule has 1 heterocycles. The van der Waals surface area contributed by atoms with E-state index in [2.05, 4.69) is 6.07 Å². The fourth-order valence-electron chi connectivity index (χ4n) is 2.31. The first-order valence-electron chi connectivity index (χ1n) is 6.54. The Morgan fingerprint density at radius 1 is 1.33 bits per heavy atom. The van der Waals surface area contributed by atoms with E-state index in [0.29, 0.717) is 23.7 Å². The van der Waals surface area contributed by atoms with Crippen LogP contribution in [0.1, 0.15) is 16.7 Å². The van der Waals surface area contributed by atoms with Crippen molar-refractivity contribution in [3.8, 4) is 17.6 Å². The van der Waals surface area contributed by atoms with Crippen molar-refractivity contribution in [3.63, 3.8) is 0 Å². The second kappa shape index (κ2) is 5.58. The molecule has 0 bridgehead atoms. The molecule has 104 valence electrons. The van der Waals surface area contributed by atoms with Crippen LogP contribution in [0.2, 0.25) is 0 Å². The largest absolute Gasteiger partial charge is 0.491 e. The van der Waals surface area contributed by atoms with E-state index in [1.54, 1.807) is 30.3 Å². The fourth-order valence-corrected chi connectivity index (χ4v) is 2.31. The number of rotatable bonds is 3. The van der Waals surface area contributed by atoms with Crippen molar-refractivity contribution >= 4 is 12.6 Å². The minimum Gasteiger partial charge on any atom is -0.457 e. The lowest BCUT2D eigenvalue weighted by molar-refractivity contribution is 0.275. The Hall–Kier alpha value is -2.33. The molecule has 0 atom stereocenters. The highest BCUT2D eigenvalue weighted by Crippen LogP contribution is 2.27. The molecule has 1 aliphatic rings. The Kier molecular flexibility index (Phi) is 3.63. The second-order valence-corrected chi connectivity index (χ2v) is 4.76. The second-order valence-electron chi connectivity index (χ2n) is 4.76. The third kappa shape index (κ3) is 2.62. The van der Waals surface area contributed by atoms with Gasteiger partial charge in [0.15, 0.2) is 0 Å². The van der Waals surface area contributed by atoms with Crippen LogP contribution < -0.4 is 15.9 Å². The van der Waals surface area contributed by atoms with Crippen LogP contribution in [0.4, 0.5) is 0 Å². The minimum absolute atomic E-state index is 0.289. The maximum atomic E-state index is 9.59. The van der Waals surface area contributed by atoms with Gasteiger partial charge in [-0.2, -0.15) is 5.26 Å². The smallest absolute Gasteiger partial charge is 0.457 e. The summed E-state index contributed by atoms with van der Waals surface area (Å²) >= 11 is 0. The van der Waals surface area contributed by atoms with Gasteiger partial charge in [0.1, 0.15) is 11.5 Å². The van der Waals surface area contributed by atoms with Crippen LogP contribution in [0, 0.1) is 11.3 Å². The molecule has 0 aliphatic carbocycles. The average Bonchev–Trinajstić information content (AvgIpc) is 2.88. The molecule has 2 aromatic rings.